The smallest absolute Gasteiger partial charge is 0.255 e. The first-order valence-corrected chi connectivity index (χ1v) is 10.8. The van der Waals surface area contributed by atoms with Crippen LogP contribution in [0.25, 0.3) is 0 Å². The fraction of sp³-hybridized carbons (Fsp3) is 0.522. The van der Waals surface area contributed by atoms with Gasteiger partial charge in [-0.2, -0.15) is 0 Å². The Kier molecular flexibility index (Phi) is 10.2. The second-order valence-corrected chi connectivity index (χ2v) is 8.42. The number of rotatable bonds is 7. The molecule has 1 saturated carbocycles. The summed E-state index contributed by atoms with van der Waals surface area (Å²) in [6.07, 6.45) is 9.09. The number of carbonyl (C=O) groups excluding carboxylic acids is 1. The Balaban J connectivity index is 0.00000181. The molecule has 3 heterocycles. The van der Waals surface area contributed by atoms with Crippen LogP contribution < -0.4 is 11.1 Å². The SMILES string of the molecule is CO[C@@H]1C[C@H]2CN(C(=O)c3cncc(CCCN)c3)C[C@H]2C[C@H]1Nc1ccccn1.Cl.Cl. The molecule has 0 radical (unpaired) electrons. The molecule has 2 aliphatic rings. The molecule has 9 heteroatoms. The van der Waals surface area contributed by atoms with Crippen LogP contribution in [0.4, 0.5) is 5.82 Å². The maximum Gasteiger partial charge on any atom is 0.255 e. The quantitative estimate of drug-likeness (QED) is 0.630. The zero-order valence-corrected chi connectivity index (χ0v) is 20.0. The number of ether oxygens (including phenoxy) is 1. The van der Waals surface area contributed by atoms with E-state index in [0.717, 1.165) is 50.2 Å². The second kappa shape index (κ2) is 12.3. The number of aryl methyl sites for hydroxylation is 1. The highest BCUT2D eigenvalue weighted by Gasteiger charge is 2.43. The molecule has 0 spiro atoms. The zero-order valence-electron chi connectivity index (χ0n) is 18.4. The van der Waals surface area contributed by atoms with E-state index < -0.39 is 0 Å². The maximum atomic E-state index is 13.1. The fourth-order valence-corrected chi connectivity index (χ4v) is 4.86. The zero-order chi connectivity index (χ0) is 20.9. The highest BCUT2D eigenvalue weighted by Crippen LogP contribution is 2.38. The van der Waals surface area contributed by atoms with Crippen LogP contribution >= 0.6 is 24.8 Å². The van der Waals surface area contributed by atoms with Gasteiger partial charge in [0.25, 0.3) is 5.91 Å². The first-order valence-electron chi connectivity index (χ1n) is 10.8. The Hall–Kier alpha value is -1.93. The molecular formula is C23H33Cl2N5O2. The van der Waals surface area contributed by atoms with Crippen LogP contribution in [0.15, 0.2) is 42.9 Å². The van der Waals surface area contributed by atoms with Crippen LogP contribution in [0.3, 0.4) is 0 Å². The van der Waals surface area contributed by atoms with Gasteiger partial charge in [-0.15, -0.1) is 24.8 Å². The minimum Gasteiger partial charge on any atom is -0.379 e. The van der Waals surface area contributed by atoms with Gasteiger partial charge in [0.15, 0.2) is 0 Å². The number of pyridine rings is 2. The molecule has 0 bridgehead atoms. The van der Waals surface area contributed by atoms with Crippen molar-refractivity contribution in [2.75, 3.05) is 32.1 Å². The van der Waals surface area contributed by atoms with Crippen LogP contribution in [0.2, 0.25) is 0 Å². The average molecular weight is 482 g/mol. The molecule has 0 aromatic carbocycles. The highest BCUT2D eigenvalue weighted by molar-refractivity contribution is 5.94. The molecule has 2 aromatic rings. The van der Waals surface area contributed by atoms with Gasteiger partial charge in [0.2, 0.25) is 0 Å². The van der Waals surface area contributed by atoms with Crippen LogP contribution in [0.5, 0.6) is 0 Å². The Morgan fingerprint density at radius 2 is 2.00 bits per heavy atom. The maximum absolute atomic E-state index is 13.1. The third kappa shape index (κ3) is 6.10. The number of nitrogens with zero attached hydrogens (tertiary/aromatic N) is 3. The lowest BCUT2D eigenvalue weighted by molar-refractivity contribution is 0.0304. The van der Waals surface area contributed by atoms with Crippen LogP contribution in [0.1, 0.15) is 35.2 Å². The normalized spacial score (nSPS) is 24.1. The fourth-order valence-electron chi connectivity index (χ4n) is 4.86. The highest BCUT2D eigenvalue weighted by atomic mass is 35.5. The summed E-state index contributed by atoms with van der Waals surface area (Å²) in [6.45, 7) is 2.21. The number of hydrogen-bond donors (Lipinski definition) is 2. The van der Waals surface area contributed by atoms with Crippen LogP contribution in [-0.2, 0) is 11.2 Å². The third-order valence-electron chi connectivity index (χ3n) is 6.42. The lowest BCUT2D eigenvalue weighted by Crippen LogP contribution is -2.44. The number of nitrogens with two attached hydrogens (primary N) is 1. The summed E-state index contributed by atoms with van der Waals surface area (Å²) in [5.41, 5.74) is 7.36. The van der Waals surface area contributed by atoms with E-state index in [2.05, 4.69) is 15.3 Å². The Bertz CT molecular complexity index is 857. The Morgan fingerprint density at radius 3 is 2.69 bits per heavy atom. The minimum absolute atomic E-state index is 0. The summed E-state index contributed by atoms with van der Waals surface area (Å²) >= 11 is 0. The number of aromatic nitrogens is 2. The van der Waals surface area contributed by atoms with Gasteiger partial charge in [-0.25, -0.2) is 4.98 Å². The largest absolute Gasteiger partial charge is 0.379 e. The lowest BCUT2D eigenvalue weighted by Gasteiger charge is -2.37. The number of amides is 1. The van der Waals surface area contributed by atoms with E-state index in [0.29, 0.717) is 23.9 Å². The van der Waals surface area contributed by atoms with Crippen LogP contribution in [-0.4, -0.2) is 59.7 Å². The Morgan fingerprint density at radius 1 is 1.22 bits per heavy atom. The van der Waals surface area contributed by atoms with Gasteiger partial charge in [-0.05, 0) is 67.8 Å². The van der Waals surface area contributed by atoms with E-state index in [4.69, 9.17) is 10.5 Å². The topological polar surface area (TPSA) is 93.4 Å². The molecule has 32 heavy (non-hydrogen) atoms. The molecule has 3 N–H and O–H groups in total. The van der Waals surface area contributed by atoms with Gasteiger partial charge in [0, 0.05) is 38.8 Å². The summed E-state index contributed by atoms with van der Waals surface area (Å²) in [7, 11) is 1.77. The van der Waals surface area contributed by atoms with E-state index in [1.807, 2.05) is 35.4 Å². The molecule has 1 saturated heterocycles. The number of hydrogen-bond acceptors (Lipinski definition) is 6. The van der Waals surface area contributed by atoms with E-state index in [1.54, 1.807) is 19.5 Å². The monoisotopic (exact) mass is 481 g/mol. The first-order chi connectivity index (χ1) is 14.7. The number of nitrogens with one attached hydrogen (secondary N) is 1. The van der Waals surface area contributed by atoms with Gasteiger partial charge >= 0.3 is 0 Å². The number of carbonyl (C=O) groups is 1. The molecule has 176 valence electrons. The summed E-state index contributed by atoms with van der Waals surface area (Å²) in [6, 6.07) is 8.04. The Labute approximate surface area is 202 Å². The van der Waals surface area contributed by atoms with Gasteiger partial charge in [-0.3, -0.25) is 9.78 Å². The molecule has 7 nitrogen and oxygen atoms in total. The van der Waals surface area contributed by atoms with Crippen molar-refractivity contribution in [1.82, 2.24) is 14.9 Å². The number of fused-ring (bicyclic) bond motifs is 1. The molecule has 2 aromatic heterocycles. The molecule has 0 unspecified atom stereocenters. The van der Waals surface area contributed by atoms with Crippen molar-refractivity contribution in [3.63, 3.8) is 0 Å². The molecular weight excluding hydrogens is 449 g/mol. The van der Waals surface area contributed by atoms with E-state index in [9.17, 15) is 4.79 Å². The van der Waals surface area contributed by atoms with Gasteiger partial charge in [0.05, 0.1) is 17.7 Å². The van der Waals surface area contributed by atoms with E-state index in [1.165, 1.54) is 0 Å². The van der Waals surface area contributed by atoms with Crippen molar-refractivity contribution < 1.29 is 9.53 Å². The number of anilines is 1. The van der Waals surface area contributed by atoms with Crippen molar-refractivity contribution in [2.24, 2.45) is 17.6 Å². The van der Waals surface area contributed by atoms with Gasteiger partial charge < -0.3 is 20.7 Å². The van der Waals surface area contributed by atoms with Crippen molar-refractivity contribution in [1.29, 1.82) is 0 Å². The molecule has 1 aliphatic heterocycles. The van der Waals surface area contributed by atoms with E-state index in [-0.39, 0.29) is 42.9 Å². The predicted octanol–water partition coefficient (Wildman–Crippen LogP) is 3.19. The summed E-state index contributed by atoms with van der Waals surface area (Å²) < 4.78 is 5.80. The summed E-state index contributed by atoms with van der Waals surface area (Å²) in [4.78, 5) is 23.8. The minimum atomic E-state index is 0. The average Bonchev–Trinajstić information content (AvgIpc) is 3.20. The summed E-state index contributed by atoms with van der Waals surface area (Å²) in [5.74, 6) is 1.88. The number of halogens is 2. The van der Waals surface area contributed by atoms with Crippen molar-refractivity contribution in [3.05, 3.63) is 54.0 Å². The standard InChI is InChI=1S/C23H31N5O2.2ClH/c1-30-21-11-19-15-28(23(29)17-9-16(5-4-7-24)12-25-13-17)14-18(19)10-20(21)27-22-6-2-3-8-26-22;;/h2-3,6,8-9,12-13,18-21H,4-5,7,10-11,14-15,24H2,1H3,(H,26,27);2*1H/t18-,19+,20-,21-;;/m1../s1. The molecule has 4 atom stereocenters. The third-order valence-corrected chi connectivity index (χ3v) is 6.42. The molecule has 4 rings (SSSR count). The molecule has 2 fully saturated rings. The second-order valence-electron chi connectivity index (χ2n) is 8.42. The molecule has 1 aliphatic carbocycles. The number of likely N-dealkylation sites (tertiary alicyclic amines) is 1. The first kappa shape index (κ1) is 26.3. The van der Waals surface area contributed by atoms with Crippen LogP contribution in [0, 0.1) is 11.8 Å². The van der Waals surface area contributed by atoms with Crippen molar-refractivity contribution in [3.8, 4) is 0 Å². The lowest BCUT2D eigenvalue weighted by atomic mass is 9.77. The van der Waals surface area contributed by atoms with Gasteiger partial charge in [-0.1, -0.05) is 6.07 Å². The summed E-state index contributed by atoms with van der Waals surface area (Å²) in [5, 5.41) is 3.54. The van der Waals surface area contributed by atoms with Crippen molar-refractivity contribution in [2.45, 2.75) is 37.8 Å². The van der Waals surface area contributed by atoms with Crippen molar-refractivity contribution >= 4 is 36.5 Å². The van der Waals surface area contributed by atoms with E-state index >= 15 is 0 Å². The number of methoxy groups -OCH3 is 1. The predicted molar refractivity (Wildman–Crippen MR) is 131 cm³/mol. The molecule has 1 amide bonds. The van der Waals surface area contributed by atoms with Gasteiger partial charge in [0.1, 0.15) is 5.82 Å².